The summed E-state index contributed by atoms with van der Waals surface area (Å²) in [6.07, 6.45) is 0.721. The number of nitrogens with two attached hydrogens (primary N) is 1. The number of nitrogens with zero attached hydrogens (tertiary/aromatic N) is 1. The van der Waals surface area contributed by atoms with Crippen LogP contribution in [0, 0.1) is 0 Å². The zero-order valence-corrected chi connectivity index (χ0v) is 8.87. The number of carbonyl (C=O) groups is 1. The van der Waals surface area contributed by atoms with Gasteiger partial charge in [0, 0.05) is 18.5 Å². The van der Waals surface area contributed by atoms with E-state index in [4.69, 9.17) is 10.8 Å². The van der Waals surface area contributed by atoms with Gasteiger partial charge in [-0.3, -0.25) is 9.89 Å². The molecule has 0 fully saturated rings. The van der Waals surface area contributed by atoms with E-state index in [1.165, 1.54) is 0 Å². The van der Waals surface area contributed by atoms with E-state index in [9.17, 15) is 4.79 Å². The van der Waals surface area contributed by atoms with E-state index >= 15 is 0 Å². The van der Waals surface area contributed by atoms with Crippen molar-refractivity contribution in [1.29, 1.82) is 0 Å². The number of aromatic amines is 1. The van der Waals surface area contributed by atoms with Crippen LogP contribution in [0.5, 0.6) is 0 Å². The lowest BCUT2D eigenvalue weighted by atomic mass is 9.96. The molecule has 1 unspecified atom stereocenters. The summed E-state index contributed by atoms with van der Waals surface area (Å²) in [6.45, 7) is 4.07. The molecular formula is C10H15N3O2. The lowest BCUT2D eigenvalue weighted by molar-refractivity contribution is -0.142. The summed E-state index contributed by atoms with van der Waals surface area (Å²) in [5.41, 5.74) is 7.49. The molecule has 0 radical (unpaired) electrons. The molecule has 1 heterocycles. The van der Waals surface area contributed by atoms with Crippen molar-refractivity contribution >= 4 is 5.97 Å². The maximum absolute atomic E-state index is 11.0. The van der Waals surface area contributed by atoms with Crippen molar-refractivity contribution in [3.63, 3.8) is 0 Å². The average Bonchev–Trinajstić information content (AvgIpc) is 2.60. The Labute approximate surface area is 87.7 Å². The normalized spacial score (nSPS) is 24.5. The minimum Gasteiger partial charge on any atom is -0.480 e. The molecule has 1 aromatic rings. The van der Waals surface area contributed by atoms with Gasteiger partial charge in [-0.2, -0.15) is 5.10 Å². The van der Waals surface area contributed by atoms with E-state index in [-0.39, 0.29) is 0 Å². The smallest absolute Gasteiger partial charge is 0.324 e. The number of hydrogen-bond donors (Lipinski definition) is 3. The van der Waals surface area contributed by atoms with Crippen molar-refractivity contribution in [3.8, 4) is 0 Å². The predicted octanol–water partition coefficient (Wildman–Crippen LogP) is 0.414. The number of carboxylic acid groups (broad SMARTS) is 1. The summed E-state index contributed by atoms with van der Waals surface area (Å²) in [6, 6.07) is 0. The van der Waals surface area contributed by atoms with Crippen LogP contribution in [0.2, 0.25) is 0 Å². The van der Waals surface area contributed by atoms with Gasteiger partial charge in [-0.05, 0) is 11.5 Å². The zero-order chi connectivity index (χ0) is 11.2. The molecule has 1 aromatic heterocycles. The third kappa shape index (κ3) is 1.43. The first-order valence-corrected chi connectivity index (χ1v) is 5.02. The van der Waals surface area contributed by atoms with E-state index in [1.54, 1.807) is 0 Å². The minimum atomic E-state index is -1.15. The number of nitrogens with one attached hydrogen (secondary N) is 1. The van der Waals surface area contributed by atoms with Crippen molar-refractivity contribution in [2.45, 2.75) is 38.1 Å². The van der Waals surface area contributed by atoms with Crippen LogP contribution >= 0.6 is 0 Å². The average molecular weight is 209 g/mol. The molecule has 0 saturated heterocycles. The van der Waals surface area contributed by atoms with Crippen LogP contribution in [0.3, 0.4) is 0 Å². The molecule has 0 aliphatic heterocycles. The lowest BCUT2D eigenvalue weighted by Crippen LogP contribution is -2.49. The Morgan fingerprint density at radius 2 is 2.27 bits per heavy atom. The Bertz CT molecular complexity index is 411. The van der Waals surface area contributed by atoms with E-state index in [0.29, 0.717) is 18.8 Å². The molecule has 1 atom stereocenters. The first-order valence-electron chi connectivity index (χ1n) is 5.02. The molecule has 15 heavy (non-hydrogen) atoms. The Kier molecular flexibility index (Phi) is 2.08. The third-order valence-electron chi connectivity index (χ3n) is 2.94. The third-order valence-corrected chi connectivity index (χ3v) is 2.94. The van der Waals surface area contributed by atoms with Gasteiger partial charge in [-0.15, -0.1) is 0 Å². The summed E-state index contributed by atoms with van der Waals surface area (Å²) in [7, 11) is 0. The highest BCUT2D eigenvalue weighted by Crippen LogP contribution is 2.32. The zero-order valence-electron chi connectivity index (χ0n) is 8.87. The van der Waals surface area contributed by atoms with Crippen LogP contribution in [0.25, 0.3) is 0 Å². The van der Waals surface area contributed by atoms with Gasteiger partial charge in [-0.1, -0.05) is 13.8 Å². The quantitative estimate of drug-likeness (QED) is 0.658. The van der Waals surface area contributed by atoms with Gasteiger partial charge in [0.15, 0.2) is 0 Å². The number of fused-ring (bicyclic) bond motifs is 1. The standard InChI is InChI=1S/C10H15N3O2/c1-5(2)8-6-3-10(11,9(14)15)4-7(6)12-13-8/h5H,3-4,11H2,1-2H3,(H,12,13)(H,14,15). The molecular weight excluding hydrogens is 194 g/mol. The summed E-state index contributed by atoms with van der Waals surface area (Å²) in [5.74, 6) is -0.650. The van der Waals surface area contributed by atoms with Crippen LogP contribution in [-0.2, 0) is 17.6 Å². The van der Waals surface area contributed by atoms with Crippen molar-refractivity contribution in [1.82, 2.24) is 10.2 Å². The van der Waals surface area contributed by atoms with Gasteiger partial charge in [0.2, 0.25) is 0 Å². The van der Waals surface area contributed by atoms with E-state index in [1.807, 2.05) is 13.8 Å². The number of aliphatic carboxylic acids is 1. The monoisotopic (exact) mass is 209 g/mol. The summed E-state index contributed by atoms with van der Waals surface area (Å²) in [5, 5.41) is 16.1. The van der Waals surface area contributed by atoms with Crippen molar-refractivity contribution in [2.24, 2.45) is 5.73 Å². The minimum absolute atomic E-state index is 0.293. The highest BCUT2D eigenvalue weighted by molar-refractivity contribution is 5.80. The molecule has 2 rings (SSSR count). The van der Waals surface area contributed by atoms with Crippen molar-refractivity contribution in [2.75, 3.05) is 0 Å². The Morgan fingerprint density at radius 3 is 2.80 bits per heavy atom. The number of rotatable bonds is 2. The summed E-state index contributed by atoms with van der Waals surface area (Å²) >= 11 is 0. The molecule has 0 aromatic carbocycles. The fourth-order valence-electron chi connectivity index (χ4n) is 2.08. The van der Waals surface area contributed by atoms with Gasteiger partial charge in [-0.25, -0.2) is 0 Å². The molecule has 0 bridgehead atoms. The predicted molar refractivity (Wildman–Crippen MR) is 54.6 cm³/mol. The van der Waals surface area contributed by atoms with Crippen LogP contribution in [0.1, 0.15) is 36.7 Å². The molecule has 0 amide bonds. The Hall–Kier alpha value is -1.36. The topological polar surface area (TPSA) is 92.0 Å². The van der Waals surface area contributed by atoms with Gasteiger partial charge < -0.3 is 10.8 Å². The maximum Gasteiger partial charge on any atom is 0.324 e. The van der Waals surface area contributed by atoms with Crippen LogP contribution in [0.15, 0.2) is 0 Å². The van der Waals surface area contributed by atoms with Crippen molar-refractivity contribution < 1.29 is 9.90 Å². The van der Waals surface area contributed by atoms with Gasteiger partial charge in [0.1, 0.15) is 5.54 Å². The summed E-state index contributed by atoms with van der Waals surface area (Å²) in [4.78, 5) is 11.0. The molecule has 82 valence electrons. The summed E-state index contributed by atoms with van der Waals surface area (Å²) < 4.78 is 0. The second-order valence-corrected chi connectivity index (χ2v) is 4.54. The first-order chi connectivity index (χ1) is 6.94. The maximum atomic E-state index is 11.0. The number of carboxylic acids is 1. The molecule has 4 N–H and O–H groups in total. The van der Waals surface area contributed by atoms with Crippen LogP contribution in [0.4, 0.5) is 0 Å². The van der Waals surface area contributed by atoms with E-state index in [2.05, 4.69) is 10.2 Å². The fraction of sp³-hybridized carbons (Fsp3) is 0.600. The first kappa shape index (κ1) is 10.2. The number of aromatic nitrogens is 2. The SMILES string of the molecule is CC(C)c1n[nH]c2c1CC(N)(C(=O)O)C2. The van der Waals surface area contributed by atoms with Crippen LogP contribution < -0.4 is 5.73 Å². The molecule has 5 nitrogen and oxygen atoms in total. The lowest BCUT2D eigenvalue weighted by Gasteiger charge is -2.17. The highest BCUT2D eigenvalue weighted by atomic mass is 16.4. The fourth-order valence-corrected chi connectivity index (χ4v) is 2.08. The largest absolute Gasteiger partial charge is 0.480 e. The molecule has 1 aliphatic rings. The van der Waals surface area contributed by atoms with Gasteiger partial charge >= 0.3 is 5.97 Å². The number of hydrogen-bond acceptors (Lipinski definition) is 3. The van der Waals surface area contributed by atoms with E-state index < -0.39 is 11.5 Å². The molecule has 0 saturated carbocycles. The highest BCUT2D eigenvalue weighted by Gasteiger charge is 2.43. The second kappa shape index (κ2) is 3.06. The molecule has 1 aliphatic carbocycles. The van der Waals surface area contributed by atoms with Gasteiger partial charge in [0.25, 0.3) is 0 Å². The van der Waals surface area contributed by atoms with Crippen LogP contribution in [-0.4, -0.2) is 26.8 Å². The molecule has 0 spiro atoms. The Balaban J connectivity index is 2.36. The Morgan fingerprint density at radius 1 is 1.60 bits per heavy atom. The van der Waals surface area contributed by atoms with E-state index in [0.717, 1.165) is 17.0 Å². The van der Waals surface area contributed by atoms with Gasteiger partial charge in [0.05, 0.1) is 5.69 Å². The second-order valence-electron chi connectivity index (χ2n) is 4.54. The van der Waals surface area contributed by atoms with Crippen molar-refractivity contribution in [3.05, 3.63) is 17.0 Å². The number of H-pyrrole nitrogens is 1. The molecule has 5 heteroatoms.